The van der Waals surface area contributed by atoms with E-state index >= 15 is 0 Å². The predicted molar refractivity (Wildman–Crippen MR) is 267 cm³/mol. The van der Waals surface area contributed by atoms with Crippen molar-refractivity contribution < 1.29 is 23.9 Å². The Balaban J connectivity index is 4.96. The van der Waals surface area contributed by atoms with Gasteiger partial charge >= 0.3 is 11.9 Å². The van der Waals surface area contributed by atoms with Crippen LogP contribution in [0.25, 0.3) is 0 Å². The first-order valence-electron chi connectivity index (χ1n) is 27.6. The van der Waals surface area contributed by atoms with Crippen LogP contribution in [0.15, 0.2) is 0 Å². The average molecular weight is 877 g/mol. The minimum absolute atomic E-state index is 0.0372. The number of hydrogen-bond donors (Lipinski definition) is 0. The maximum absolute atomic E-state index is 12.9. The summed E-state index contributed by atoms with van der Waals surface area (Å²) in [5, 5.41) is 0. The molecule has 0 saturated carbocycles. The molecule has 0 rings (SSSR count). The molecular weight excluding hydrogens is 769 g/mol. The molecule has 2 atom stereocenters. The summed E-state index contributed by atoms with van der Waals surface area (Å²) in [6, 6.07) is 0. The van der Waals surface area contributed by atoms with Gasteiger partial charge in [-0.2, -0.15) is 0 Å². The van der Waals surface area contributed by atoms with Gasteiger partial charge < -0.3 is 19.3 Å². The lowest BCUT2D eigenvalue weighted by atomic mass is 9.95. The van der Waals surface area contributed by atoms with Crippen LogP contribution in [0.4, 0.5) is 0 Å². The molecule has 0 aliphatic rings. The highest BCUT2D eigenvalue weighted by atomic mass is 16.5. The molecule has 0 aromatic carbocycles. The lowest BCUT2D eigenvalue weighted by molar-refractivity contribution is -0.146. The molecule has 368 valence electrons. The molecule has 0 radical (unpaired) electrons. The minimum atomic E-state index is -0.0372. The molecule has 0 aromatic rings. The van der Waals surface area contributed by atoms with E-state index < -0.39 is 0 Å². The zero-order valence-electron chi connectivity index (χ0n) is 42.7. The molecule has 0 bridgehead atoms. The highest BCUT2D eigenvalue weighted by Crippen LogP contribution is 2.22. The molecule has 62 heavy (non-hydrogen) atoms. The minimum Gasteiger partial charge on any atom is -0.465 e. The number of carbonyl (C=O) groups is 3. The number of amides is 1. The summed E-state index contributed by atoms with van der Waals surface area (Å²) in [6.07, 6.45) is 43.7. The molecule has 0 saturated heterocycles. The summed E-state index contributed by atoms with van der Waals surface area (Å²) in [4.78, 5) is 42.9. The van der Waals surface area contributed by atoms with Crippen LogP contribution in [-0.2, 0) is 23.9 Å². The van der Waals surface area contributed by atoms with Gasteiger partial charge in [0.05, 0.1) is 13.2 Å². The average Bonchev–Trinajstić information content (AvgIpc) is 3.27. The second-order valence-corrected chi connectivity index (χ2v) is 19.4. The molecule has 7 heteroatoms. The first kappa shape index (κ1) is 60.4. The number of ether oxygens (including phenoxy) is 2. The van der Waals surface area contributed by atoms with Crippen molar-refractivity contribution in [3.05, 3.63) is 0 Å². The van der Waals surface area contributed by atoms with Crippen molar-refractivity contribution in [2.24, 2.45) is 11.8 Å². The molecule has 0 heterocycles. The first-order chi connectivity index (χ1) is 30.3. The summed E-state index contributed by atoms with van der Waals surface area (Å²) in [7, 11) is 1.96. The van der Waals surface area contributed by atoms with Crippen LogP contribution in [-0.4, -0.2) is 74.1 Å². The van der Waals surface area contributed by atoms with E-state index in [1.165, 1.54) is 173 Å². The molecule has 0 aliphatic heterocycles. The van der Waals surface area contributed by atoms with Crippen LogP contribution in [0, 0.1) is 11.8 Å². The van der Waals surface area contributed by atoms with Crippen LogP contribution in [0.3, 0.4) is 0 Å². The molecule has 2 unspecified atom stereocenters. The van der Waals surface area contributed by atoms with Crippen molar-refractivity contribution in [2.45, 2.75) is 279 Å². The molecule has 0 spiro atoms. The van der Waals surface area contributed by atoms with Gasteiger partial charge in [0.1, 0.15) is 0 Å². The van der Waals surface area contributed by atoms with Gasteiger partial charge in [0, 0.05) is 32.9 Å². The monoisotopic (exact) mass is 877 g/mol. The van der Waals surface area contributed by atoms with E-state index in [2.05, 4.69) is 39.5 Å². The van der Waals surface area contributed by atoms with Gasteiger partial charge in [-0.05, 0) is 102 Å². The summed E-state index contributed by atoms with van der Waals surface area (Å²) < 4.78 is 11.8. The Morgan fingerprint density at radius 2 is 0.645 bits per heavy atom. The zero-order valence-corrected chi connectivity index (χ0v) is 42.7. The fourth-order valence-electron chi connectivity index (χ4n) is 8.76. The van der Waals surface area contributed by atoms with Gasteiger partial charge in [-0.25, -0.2) is 0 Å². The van der Waals surface area contributed by atoms with Crippen LogP contribution in [0.2, 0.25) is 0 Å². The van der Waals surface area contributed by atoms with Crippen molar-refractivity contribution in [3.63, 3.8) is 0 Å². The number of esters is 2. The predicted octanol–water partition coefficient (Wildman–Crippen LogP) is 16.0. The second-order valence-electron chi connectivity index (χ2n) is 19.4. The zero-order chi connectivity index (χ0) is 45.6. The van der Waals surface area contributed by atoms with Gasteiger partial charge in [0.25, 0.3) is 0 Å². The largest absolute Gasteiger partial charge is 0.465 e. The number of unbranched alkanes of at least 4 members (excludes halogenated alkanes) is 23. The van der Waals surface area contributed by atoms with Gasteiger partial charge in [-0.1, -0.05) is 189 Å². The van der Waals surface area contributed by atoms with E-state index in [0.717, 1.165) is 77.5 Å². The van der Waals surface area contributed by atoms with Crippen molar-refractivity contribution in [1.29, 1.82) is 0 Å². The van der Waals surface area contributed by atoms with E-state index in [0.29, 0.717) is 44.3 Å². The highest BCUT2D eigenvalue weighted by Gasteiger charge is 2.15. The van der Waals surface area contributed by atoms with Gasteiger partial charge in [0.15, 0.2) is 0 Å². The molecular formula is C55H108N2O5. The summed E-state index contributed by atoms with van der Waals surface area (Å²) in [6.45, 7) is 16.1. The molecule has 0 N–H and O–H groups in total. The van der Waals surface area contributed by atoms with Crippen molar-refractivity contribution in [2.75, 3.05) is 46.4 Å². The third-order valence-electron chi connectivity index (χ3n) is 13.2. The molecule has 1 amide bonds. The van der Waals surface area contributed by atoms with E-state index in [-0.39, 0.29) is 17.8 Å². The van der Waals surface area contributed by atoms with E-state index in [4.69, 9.17) is 9.47 Å². The Bertz CT molecular complexity index is 919. The second kappa shape index (κ2) is 47.3. The third kappa shape index (κ3) is 41.1. The van der Waals surface area contributed by atoms with Gasteiger partial charge in [-0.15, -0.1) is 0 Å². The highest BCUT2D eigenvalue weighted by molar-refractivity contribution is 5.75. The van der Waals surface area contributed by atoms with E-state index in [9.17, 15) is 14.4 Å². The van der Waals surface area contributed by atoms with Crippen molar-refractivity contribution in [3.8, 4) is 0 Å². The third-order valence-corrected chi connectivity index (χ3v) is 13.2. The Morgan fingerprint density at radius 1 is 0.355 bits per heavy atom. The quantitative estimate of drug-likeness (QED) is 0.0448. The Hall–Kier alpha value is -1.63. The Labute approximate surface area is 387 Å². The maximum atomic E-state index is 12.9. The summed E-state index contributed by atoms with van der Waals surface area (Å²) in [5.41, 5.74) is 0. The van der Waals surface area contributed by atoms with Crippen LogP contribution in [0.5, 0.6) is 0 Å². The number of hydrogen-bond acceptors (Lipinski definition) is 6. The fraction of sp³-hybridized carbons (Fsp3) is 0.945. The number of rotatable bonds is 49. The molecule has 0 aliphatic carbocycles. The van der Waals surface area contributed by atoms with Crippen LogP contribution in [0.1, 0.15) is 279 Å². The Morgan fingerprint density at radius 3 is 1.03 bits per heavy atom. The summed E-state index contributed by atoms with van der Waals surface area (Å²) >= 11 is 0. The van der Waals surface area contributed by atoms with E-state index in [1.54, 1.807) is 0 Å². The van der Waals surface area contributed by atoms with Crippen molar-refractivity contribution >= 4 is 17.8 Å². The normalized spacial score (nSPS) is 12.5. The van der Waals surface area contributed by atoms with Gasteiger partial charge in [-0.3, -0.25) is 14.4 Å². The summed E-state index contributed by atoms with van der Waals surface area (Å²) in [5.74, 6) is 1.19. The molecule has 0 aromatic heterocycles. The topological polar surface area (TPSA) is 76.2 Å². The SMILES string of the molecule is CCCCCCCCC(CCCCCC)COC(=O)CCCCN(CCCCC(=O)OCC(CCCCCC)CCCCCCCC)CCCCN(C)C(=O)CCCCCCC. The van der Waals surface area contributed by atoms with Crippen LogP contribution >= 0.6 is 0 Å². The smallest absolute Gasteiger partial charge is 0.305 e. The van der Waals surface area contributed by atoms with Crippen molar-refractivity contribution in [1.82, 2.24) is 9.80 Å². The van der Waals surface area contributed by atoms with E-state index in [1.807, 2.05) is 11.9 Å². The molecule has 7 nitrogen and oxygen atoms in total. The fourth-order valence-corrected chi connectivity index (χ4v) is 8.76. The lowest BCUT2D eigenvalue weighted by Crippen LogP contribution is -2.30. The molecule has 0 fully saturated rings. The Kier molecular flexibility index (Phi) is 46.1. The van der Waals surface area contributed by atoms with Gasteiger partial charge in [0.2, 0.25) is 5.91 Å². The number of nitrogens with zero attached hydrogens (tertiary/aromatic N) is 2. The van der Waals surface area contributed by atoms with Crippen LogP contribution < -0.4 is 0 Å². The first-order valence-corrected chi connectivity index (χ1v) is 27.6. The maximum Gasteiger partial charge on any atom is 0.305 e. The number of carbonyl (C=O) groups excluding carboxylic acids is 3. The standard InChI is InChI=1S/C55H108N2O5/c1-7-12-17-22-25-29-40-51(38-27-20-15-10-4)49-61-54(59)43-32-34-46-57(48-37-36-45-56(6)53(58)42-31-24-19-14-9-3)47-35-33-44-55(60)62-50-52(39-28-21-16-11-5)41-30-26-23-18-13-8-2/h51-52H,7-50H2,1-6H3. The lowest BCUT2D eigenvalue weighted by Gasteiger charge is -2.23.